The SMILES string of the molecule is CC(C)(C)C1NC(=O)N(C(C)(C)C)C1=O.CC(C)(C)C1c2ccccc2CC(=O)N1C(C)(C)C.CC(C)(C)NC(=O)CCN1C(=O)CC(C(C)(C)C)C1=O.CC(C)(C)OC(=O)CCN1C(=O)CC(C(C)(C)C)C1=O. The molecule has 2 N–H and O–H groups in total. The summed E-state index contributed by atoms with van der Waals surface area (Å²) in [5, 5.41) is 5.56. The first-order valence-electron chi connectivity index (χ1n) is 26.3. The number of hydrogen-bond acceptors (Lipinski definition) is 10. The lowest BCUT2D eigenvalue weighted by Gasteiger charge is -2.50. The van der Waals surface area contributed by atoms with Gasteiger partial charge in [0.15, 0.2) is 0 Å². The van der Waals surface area contributed by atoms with Gasteiger partial charge in [0, 0.05) is 49.0 Å². The molecule has 4 aliphatic rings. The number of nitrogens with one attached hydrogen (secondary N) is 2. The van der Waals surface area contributed by atoms with Crippen LogP contribution in [0.2, 0.25) is 0 Å². The number of carbonyl (C=O) groups is 9. The van der Waals surface area contributed by atoms with Gasteiger partial charge in [-0.2, -0.15) is 0 Å². The fourth-order valence-electron chi connectivity index (χ4n) is 9.29. The summed E-state index contributed by atoms with van der Waals surface area (Å²) < 4.78 is 5.17. The zero-order valence-corrected chi connectivity index (χ0v) is 49.9. The van der Waals surface area contributed by atoms with Crippen molar-refractivity contribution in [2.24, 2.45) is 33.5 Å². The Morgan fingerprint density at radius 1 is 0.568 bits per heavy atom. The normalized spacial score (nSPS) is 21.1. The molecule has 16 nitrogen and oxygen atoms in total. The Hall–Kier alpha value is -5.15. The highest BCUT2D eigenvalue weighted by molar-refractivity contribution is 6.06. The molecule has 1 aromatic carbocycles. The zero-order chi connectivity index (χ0) is 57.9. The molecule has 0 spiro atoms. The Bertz CT molecular complexity index is 2170. The maximum absolute atomic E-state index is 12.6. The number of fused-ring (bicyclic) bond motifs is 1. The van der Waals surface area contributed by atoms with Crippen molar-refractivity contribution in [1.29, 1.82) is 0 Å². The lowest BCUT2D eigenvalue weighted by molar-refractivity contribution is -0.156. The number of rotatable bonds is 6. The van der Waals surface area contributed by atoms with E-state index < -0.39 is 23.2 Å². The number of nitrogens with zero attached hydrogens (tertiary/aromatic N) is 4. The number of esters is 1. The van der Waals surface area contributed by atoms with E-state index in [1.54, 1.807) is 20.8 Å². The van der Waals surface area contributed by atoms with E-state index in [1.807, 2.05) is 110 Å². The van der Waals surface area contributed by atoms with Crippen molar-refractivity contribution in [1.82, 2.24) is 30.2 Å². The van der Waals surface area contributed by atoms with E-state index in [-0.39, 0.29) is 137 Å². The molecule has 4 unspecified atom stereocenters. The molecule has 0 aromatic heterocycles. The number of carbonyl (C=O) groups excluding carboxylic acids is 9. The quantitative estimate of drug-likeness (QED) is 0.157. The third-order valence-corrected chi connectivity index (χ3v) is 12.9. The summed E-state index contributed by atoms with van der Waals surface area (Å²) in [5.41, 5.74) is 0.351. The van der Waals surface area contributed by atoms with Crippen molar-refractivity contribution in [2.45, 2.75) is 233 Å². The topological polar surface area (TPSA) is 200 Å². The predicted molar refractivity (Wildman–Crippen MR) is 289 cm³/mol. The number of amides is 9. The minimum Gasteiger partial charge on any atom is -0.460 e. The minimum absolute atomic E-state index is 0.0272. The highest BCUT2D eigenvalue weighted by Crippen LogP contribution is 2.46. The molecule has 0 radical (unpaired) electrons. The van der Waals surface area contributed by atoms with Crippen molar-refractivity contribution < 1.29 is 47.9 Å². The Morgan fingerprint density at radius 3 is 1.35 bits per heavy atom. The molecule has 16 heteroatoms. The van der Waals surface area contributed by atoms with Crippen molar-refractivity contribution in [3.8, 4) is 0 Å². The van der Waals surface area contributed by atoms with Gasteiger partial charge in [0.2, 0.25) is 35.4 Å². The predicted octanol–water partition coefficient (Wildman–Crippen LogP) is 9.56. The number of urea groups is 1. The maximum Gasteiger partial charge on any atom is 0.325 e. The highest BCUT2D eigenvalue weighted by atomic mass is 16.6. The fourth-order valence-corrected chi connectivity index (χ4v) is 9.29. The van der Waals surface area contributed by atoms with Crippen molar-refractivity contribution in [3.63, 3.8) is 0 Å². The van der Waals surface area contributed by atoms with Gasteiger partial charge in [0.1, 0.15) is 11.6 Å². The van der Waals surface area contributed by atoms with E-state index in [4.69, 9.17) is 4.74 Å². The zero-order valence-electron chi connectivity index (χ0n) is 49.9. The lowest BCUT2D eigenvalue weighted by atomic mass is 9.75. The number of ether oxygens (including phenoxy) is 1. The summed E-state index contributed by atoms with van der Waals surface area (Å²) in [6.07, 6.45) is 1.22. The highest BCUT2D eigenvalue weighted by Gasteiger charge is 2.49. The standard InChI is InChI=1S/C17H25NO.C15H26N2O3.C15H25NO4.C11H20N2O2/c1-16(2,3)15-13-10-8-7-9-12(13)11-14(19)18(15)17(4,5)6;1-14(2,3)10-9-12(19)17(13(10)20)8-7-11(18)16-15(4,5)6;1-14(2,3)10-9-11(17)16(13(10)19)8-7-12(18)20-15(4,5)6;1-10(2,3)7-8(14)13(9(15)12-7)11(4,5)6/h7-10,15H,11H2,1-6H3;10H,7-9H2,1-6H3,(H,16,18);10H,7-9H2,1-6H3;7H,1-6H3,(H,12,15). The molecular weight excluding hydrogens is 941 g/mol. The number of hydrogen-bond donors (Lipinski definition) is 2. The molecule has 0 aliphatic carbocycles. The summed E-state index contributed by atoms with van der Waals surface area (Å²) in [4.78, 5) is 114. The Morgan fingerprint density at radius 2 is 1.01 bits per heavy atom. The second-order valence-electron chi connectivity index (χ2n) is 28.6. The lowest BCUT2D eigenvalue weighted by Crippen LogP contribution is -2.54. The van der Waals surface area contributed by atoms with Crippen LogP contribution in [0.5, 0.6) is 0 Å². The second-order valence-corrected chi connectivity index (χ2v) is 28.6. The summed E-state index contributed by atoms with van der Waals surface area (Å²) >= 11 is 0. The average Bonchev–Trinajstić information content (AvgIpc) is 3.77. The van der Waals surface area contributed by atoms with Crippen molar-refractivity contribution in [3.05, 3.63) is 35.4 Å². The molecule has 5 rings (SSSR count). The summed E-state index contributed by atoms with van der Waals surface area (Å²) in [5.74, 6) is -1.68. The first kappa shape index (κ1) is 65.0. The van der Waals surface area contributed by atoms with Crippen molar-refractivity contribution in [2.75, 3.05) is 13.1 Å². The number of benzene rings is 1. The van der Waals surface area contributed by atoms with E-state index in [2.05, 4.69) is 75.3 Å². The van der Waals surface area contributed by atoms with Gasteiger partial charge in [-0.25, -0.2) is 4.79 Å². The van der Waals surface area contributed by atoms with E-state index in [9.17, 15) is 43.2 Å². The van der Waals surface area contributed by atoms with E-state index >= 15 is 0 Å². The Kier molecular flexibility index (Phi) is 20.5. The van der Waals surface area contributed by atoms with Gasteiger partial charge in [0.25, 0.3) is 5.91 Å². The summed E-state index contributed by atoms with van der Waals surface area (Å²) in [7, 11) is 0. The molecule has 4 heterocycles. The maximum atomic E-state index is 12.6. The van der Waals surface area contributed by atoms with Gasteiger partial charge in [-0.1, -0.05) is 107 Å². The van der Waals surface area contributed by atoms with Crippen molar-refractivity contribution >= 4 is 53.4 Å². The Labute approximate surface area is 444 Å². The number of imide groups is 3. The summed E-state index contributed by atoms with van der Waals surface area (Å²) in [6.45, 7) is 47.4. The van der Waals surface area contributed by atoms with Crippen LogP contribution in [0.1, 0.15) is 209 Å². The van der Waals surface area contributed by atoms with Crippen LogP contribution < -0.4 is 10.6 Å². The van der Waals surface area contributed by atoms with E-state index in [0.717, 1.165) is 0 Å². The first-order chi connectivity index (χ1) is 33.0. The largest absolute Gasteiger partial charge is 0.460 e. The van der Waals surface area contributed by atoms with Crippen LogP contribution in [0.4, 0.5) is 4.79 Å². The van der Waals surface area contributed by atoms with Gasteiger partial charge in [-0.3, -0.25) is 53.1 Å². The molecule has 4 atom stereocenters. The van der Waals surface area contributed by atoms with Gasteiger partial charge in [-0.05, 0) is 116 Å². The molecule has 3 saturated heterocycles. The Balaban J connectivity index is 0.000000340. The number of likely N-dealkylation sites (tertiary alicyclic amines) is 2. The van der Waals surface area contributed by atoms with Crippen LogP contribution in [0.15, 0.2) is 24.3 Å². The van der Waals surface area contributed by atoms with Gasteiger partial charge >= 0.3 is 12.0 Å². The third-order valence-electron chi connectivity index (χ3n) is 12.9. The van der Waals surface area contributed by atoms with Crippen LogP contribution in [-0.4, -0.2) is 114 Å². The van der Waals surface area contributed by atoms with E-state index in [1.165, 1.54) is 25.8 Å². The molecular formula is C58H96N6O10. The molecule has 4 aliphatic heterocycles. The van der Waals surface area contributed by atoms with Crippen LogP contribution in [-0.2, 0) is 49.5 Å². The van der Waals surface area contributed by atoms with Crippen LogP contribution >= 0.6 is 0 Å². The molecule has 9 amide bonds. The van der Waals surface area contributed by atoms with Crippen LogP contribution in [0, 0.1) is 33.5 Å². The smallest absolute Gasteiger partial charge is 0.325 e. The van der Waals surface area contributed by atoms with Crippen LogP contribution in [0.3, 0.4) is 0 Å². The van der Waals surface area contributed by atoms with Crippen LogP contribution in [0.25, 0.3) is 0 Å². The fraction of sp³-hybridized carbons (Fsp3) is 0.741. The average molecular weight is 1040 g/mol. The minimum atomic E-state index is -0.552. The molecule has 3 fully saturated rings. The molecule has 0 bridgehead atoms. The van der Waals surface area contributed by atoms with E-state index in [0.29, 0.717) is 6.42 Å². The molecule has 74 heavy (non-hydrogen) atoms. The molecule has 1 aromatic rings. The third kappa shape index (κ3) is 18.3. The first-order valence-corrected chi connectivity index (χ1v) is 26.3. The van der Waals surface area contributed by atoms with Gasteiger partial charge in [-0.15, -0.1) is 0 Å². The molecule has 418 valence electrons. The monoisotopic (exact) mass is 1040 g/mol. The second kappa shape index (κ2) is 23.4. The van der Waals surface area contributed by atoms with Gasteiger partial charge < -0.3 is 20.3 Å². The summed E-state index contributed by atoms with van der Waals surface area (Å²) in [6, 6.07) is 7.82. The van der Waals surface area contributed by atoms with Gasteiger partial charge in [0.05, 0.1) is 30.7 Å². The molecule has 0 saturated carbocycles.